The Morgan fingerprint density at radius 1 is 1.46 bits per heavy atom. The third-order valence-corrected chi connectivity index (χ3v) is 3.73. The monoisotopic (exact) mass is 364 g/mol. The van der Waals surface area contributed by atoms with Crippen molar-refractivity contribution in [2.24, 2.45) is 11.1 Å². The number of ether oxygens (including phenoxy) is 1. The van der Waals surface area contributed by atoms with Crippen LogP contribution in [0.3, 0.4) is 0 Å². The van der Waals surface area contributed by atoms with Crippen LogP contribution in [-0.4, -0.2) is 56.5 Å². The Morgan fingerprint density at radius 2 is 2.19 bits per heavy atom. The molecule has 1 aliphatic rings. The number of morpholine rings is 1. The van der Waals surface area contributed by atoms with Crippen molar-refractivity contribution in [3.05, 3.63) is 33.9 Å². The van der Waals surface area contributed by atoms with E-state index in [1.165, 1.54) is 12.3 Å². The number of rotatable bonds is 8. The second kappa shape index (κ2) is 9.71. The van der Waals surface area contributed by atoms with Crippen molar-refractivity contribution >= 4 is 23.5 Å². The lowest BCUT2D eigenvalue weighted by atomic mass is 10.1. The number of anilines is 1. The summed E-state index contributed by atoms with van der Waals surface area (Å²) in [6, 6.07) is 4.86. The zero-order chi connectivity index (χ0) is 18.9. The van der Waals surface area contributed by atoms with E-state index in [0.29, 0.717) is 50.0 Å². The zero-order valence-corrected chi connectivity index (χ0v) is 15.0. The number of nitrogens with one attached hydrogen (secondary N) is 1. The Hall–Kier alpha value is -2.68. The van der Waals surface area contributed by atoms with E-state index in [2.05, 4.69) is 10.5 Å². The van der Waals surface area contributed by atoms with E-state index in [1.807, 2.05) is 18.7 Å². The molecule has 0 radical (unpaired) electrons. The van der Waals surface area contributed by atoms with Gasteiger partial charge in [0, 0.05) is 31.3 Å². The Morgan fingerprint density at radius 3 is 2.85 bits per heavy atom. The van der Waals surface area contributed by atoms with E-state index in [4.69, 9.17) is 9.57 Å². The van der Waals surface area contributed by atoms with Gasteiger partial charge >= 0.3 is 0 Å². The Labute approximate surface area is 152 Å². The molecule has 1 aromatic rings. The van der Waals surface area contributed by atoms with Crippen LogP contribution < -0.4 is 10.2 Å². The van der Waals surface area contributed by atoms with Gasteiger partial charge in [-0.15, -0.1) is 0 Å². The molecule has 0 aromatic heterocycles. The van der Waals surface area contributed by atoms with Crippen molar-refractivity contribution in [2.75, 3.05) is 44.4 Å². The van der Waals surface area contributed by atoms with Gasteiger partial charge < -0.3 is 19.8 Å². The molecule has 2 rings (SSSR count). The van der Waals surface area contributed by atoms with Crippen molar-refractivity contribution in [3.8, 4) is 0 Å². The molecule has 1 saturated heterocycles. The summed E-state index contributed by atoms with van der Waals surface area (Å²) in [4.78, 5) is 29.3. The van der Waals surface area contributed by atoms with E-state index in [-0.39, 0.29) is 18.2 Å². The summed E-state index contributed by atoms with van der Waals surface area (Å²) in [5.74, 6) is 0.0949. The number of carbonyl (C=O) groups is 1. The first-order valence-corrected chi connectivity index (χ1v) is 8.50. The van der Waals surface area contributed by atoms with Crippen LogP contribution in [-0.2, 0) is 14.4 Å². The molecule has 1 aliphatic heterocycles. The number of oxime groups is 1. The van der Waals surface area contributed by atoms with Crippen molar-refractivity contribution in [1.82, 2.24) is 5.32 Å². The lowest BCUT2D eigenvalue weighted by Gasteiger charge is -2.28. The minimum Gasteiger partial charge on any atom is -0.386 e. The van der Waals surface area contributed by atoms with Crippen molar-refractivity contribution in [3.63, 3.8) is 0 Å². The van der Waals surface area contributed by atoms with Crippen LogP contribution >= 0.6 is 0 Å². The Bertz CT molecular complexity index is 657. The largest absolute Gasteiger partial charge is 0.386 e. The van der Waals surface area contributed by atoms with E-state index < -0.39 is 4.92 Å². The summed E-state index contributed by atoms with van der Waals surface area (Å²) >= 11 is 0. The normalized spacial score (nSPS) is 14.7. The number of amides is 1. The number of carbonyl (C=O) groups excluding carboxylic acids is 1. The van der Waals surface area contributed by atoms with Gasteiger partial charge in [0.15, 0.2) is 6.61 Å². The fraction of sp³-hybridized carbons (Fsp3) is 0.529. The molecule has 0 aliphatic carbocycles. The van der Waals surface area contributed by atoms with Crippen molar-refractivity contribution in [2.45, 2.75) is 13.8 Å². The van der Waals surface area contributed by atoms with Crippen molar-refractivity contribution < 1.29 is 19.3 Å². The first kappa shape index (κ1) is 19.6. The lowest BCUT2D eigenvalue weighted by Crippen LogP contribution is -2.36. The molecule has 142 valence electrons. The number of benzene rings is 1. The first-order valence-electron chi connectivity index (χ1n) is 8.50. The molecule has 1 N–H and O–H groups in total. The highest BCUT2D eigenvalue weighted by molar-refractivity contribution is 5.83. The Balaban J connectivity index is 1.96. The number of nitrogens with zero attached hydrogens (tertiary/aromatic N) is 3. The highest BCUT2D eigenvalue weighted by Gasteiger charge is 2.21. The van der Waals surface area contributed by atoms with Crippen LogP contribution in [0.1, 0.15) is 19.4 Å². The molecule has 1 aromatic carbocycles. The molecule has 9 heteroatoms. The number of hydrogen-bond donors (Lipinski definition) is 1. The van der Waals surface area contributed by atoms with E-state index in [9.17, 15) is 14.9 Å². The average molecular weight is 364 g/mol. The second-order valence-corrected chi connectivity index (χ2v) is 6.31. The zero-order valence-electron chi connectivity index (χ0n) is 15.0. The van der Waals surface area contributed by atoms with Crippen LogP contribution in [0.25, 0.3) is 0 Å². The fourth-order valence-corrected chi connectivity index (χ4v) is 2.40. The lowest BCUT2D eigenvalue weighted by molar-refractivity contribution is -0.384. The molecule has 1 heterocycles. The standard InChI is InChI=1S/C17H24N4O5/c1-13(2)10-18-17(22)12-26-19-11-14-3-4-15(16(9-14)21(23)24)20-5-7-25-8-6-20/h3-4,9,11,13H,5-8,10,12H2,1-2H3,(H,18,22)/b19-11-. The molecule has 0 bridgehead atoms. The molecule has 0 atom stereocenters. The van der Waals surface area contributed by atoms with Gasteiger partial charge in [0.1, 0.15) is 5.69 Å². The van der Waals surface area contributed by atoms with Crippen LogP contribution in [0.4, 0.5) is 11.4 Å². The summed E-state index contributed by atoms with van der Waals surface area (Å²) in [5.41, 5.74) is 1.09. The topological polar surface area (TPSA) is 106 Å². The SMILES string of the molecule is CC(C)CNC(=O)CO/N=C\c1ccc(N2CCOCC2)c([N+](=O)[O-])c1. The van der Waals surface area contributed by atoms with E-state index in [1.54, 1.807) is 12.1 Å². The third-order valence-electron chi connectivity index (χ3n) is 3.73. The second-order valence-electron chi connectivity index (χ2n) is 6.31. The number of hydrogen-bond acceptors (Lipinski definition) is 7. The highest BCUT2D eigenvalue weighted by atomic mass is 16.6. The molecular formula is C17H24N4O5. The van der Waals surface area contributed by atoms with Crippen LogP contribution in [0.5, 0.6) is 0 Å². The van der Waals surface area contributed by atoms with Crippen LogP contribution in [0, 0.1) is 16.0 Å². The summed E-state index contributed by atoms with van der Waals surface area (Å²) in [5, 5.41) is 17.8. The highest BCUT2D eigenvalue weighted by Crippen LogP contribution is 2.29. The summed E-state index contributed by atoms with van der Waals surface area (Å²) in [6.07, 6.45) is 1.35. The fourth-order valence-electron chi connectivity index (χ4n) is 2.40. The molecule has 0 saturated carbocycles. The van der Waals surface area contributed by atoms with Crippen molar-refractivity contribution in [1.29, 1.82) is 0 Å². The average Bonchev–Trinajstić information content (AvgIpc) is 2.64. The van der Waals surface area contributed by atoms with Gasteiger partial charge in [-0.05, 0) is 12.0 Å². The van der Waals surface area contributed by atoms with Crippen LogP contribution in [0.15, 0.2) is 23.4 Å². The summed E-state index contributed by atoms with van der Waals surface area (Å²) in [7, 11) is 0. The summed E-state index contributed by atoms with van der Waals surface area (Å²) < 4.78 is 5.28. The predicted molar refractivity (Wildman–Crippen MR) is 97.5 cm³/mol. The molecule has 26 heavy (non-hydrogen) atoms. The minimum atomic E-state index is -0.414. The molecule has 1 amide bonds. The van der Waals surface area contributed by atoms with Gasteiger partial charge in [-0.3, -0.25) is 14.9 Å². The molecule has 0 unspecified atom stereocenters. The van der Waals surface area contributed by atoms with E-state index >= 15 is 0 Å². The number of nitro groups is 1. The third kappa shape index (κ3) is 5.99. The maximum Gasteiger partial charge on any atom is 0.293 e. The van der Waals surface area contributed by atoms with E-state index in [0.717, 1.165) is 0 Å². The quantitative estimate of drug-likeness (QED) is 0.426. The van der Waals surface area contributed by atoms with Gasteiger partial charge in [0.05, 0.1) is 24.4 Å². The maximum atomic E-state index is 11.5. The smallest absolute Gasteiger partial charge is 0.293 e. The molecule has 9 nitrogen and oxygen atoms in total. The molecule has 1 fully saturated rings. The number of nitro benzene ring substituents is 1. The van der Waals surface area contributed by atoms with Crippen LogP contribution in [0.2, 0.25) is 0 Å². The van der Waals surface area contributed by atoms with Gasteiger partial charge in [-0.25, -0.2) is 0 Å². The van der Waals surface area contributed by atoms with Gasteiger partial charge in [-0.1, -0.05) is 25.1 Å². The van der Waals surface area contributed by atoms with Gasteiger partial charge in [0.2, 0.25) is 0 Å². The maximum absolute atomic E-state index is 11.5. The minimum absolute atomic E-state index is 0.00512. The Kier molecular flexibility index (Phi) is 7.34. The van der Waals surface area contributed by atoms with Gasteiger partial charge in [0.25, 0.3) is 11.6 Å². The molecule has 0 spiro atoms. The first-order chi connectivity index (χ1) is 12.5. The summed E-state index contributed by atoms with van der Waals surface area (Å²) in [6.45, 7) is 6.68. The molecular weight excluding hydrogens is 340 g/mol. The van der Waals surface area contributed by atoms with Gasteiger partial charge in [-0.2, -0.15) is 0 Å². The predicted octanol–water partition coefficient (Wildman–Crippen LogP) is 1.55.